The maximum absolute atomic E-state index is 5.33. The van der Waals surface area contributed by atoms with Crippen LogP contribution in [-0.4, -0.2) is 9.97 Å². The lowest BCUT2D eigenvalue weighted by Gasteiger charge is -2.22. The van der Waals surface area contributed by atoms with E-state index < -0.39 is 0 Å². The maximum atomic E-state index is 5.33. The summed E-state index contributed by atoms with van der Waals surface area (Å²) in [6.07, 6.45) is 0. The van der Waals surface area contributed by atoms with E-state index >= 15 is 0 Å². The molecular weight excluding hydrogens is 713 g/mol. The van der Waals surface area contributed by atoms with E-state index in [1.807, 2.05) is 6.07 Å². The molecule has 1 aliphatic rings. The minimum Gasteiger partial charge on any atom is -0.228 e. The zero-order valence-electron chi connectivity index (χ0n) is 33.0. The van der Waals surface area contributed by atoms with Gasteiger partial charge >= 0.3 is 0 Å². The highest BCUT2D eigenvalue weighted by atomic mass is 14.9. The number of aromatic nitrogens is 2. The molecule has 0 unspecified atom stereocenters. The molecule has 0 saturated heterocycles. The predicted molar refractivity (Wildman–Crippen MR) is 247 cm³/mol. The van der Waals surface area contributed by atoms with E-state index in [2.05, 4.69) is 214 Å². The van der Waals surface area contributed by atoms with E-state index in [0.717, 1.165) is 44.6 Å². The second-order valence-electron chi connectivity index (χ2n) is 16.2. The molecule has 10 aromatic rings. The van der Waals surface area contributed by atoms with Crippen LogP contribution in [0.2, 0.25) is 0 Å². The van der Waals surface area contributed by atoms with E-state index in [9.17, 15) is 0 Å². The molecule has 2 nitrogen and oxygen atoms in total. The van der Waals surface area contributed by atoms with Crippen molar-refractivity contribution in [2.24, 2.45) is 0 Å². The highest BCUT2D eigenvalue weighted by molar-refractivity contribution is 6.04. The van der Waals surface area contributed by atoms with Crippen LogP contribution in [0.25, 0.3) is 100.0 Å². The third-order valence-electron chi connectivity index (χ3n) is 12.3. The van der Waals surface area contributed by atoms with Crippen LogP contribution in [0.3, 0.4) is 0 Å². The van der Waals surface area contributed by atoms with Gasteiger partial charge in [0.15, 0.2) is 5.82 Å². The summed E-state index contributed by atoms with van der Waals surface area (Å²) in [6.45, 7) is 4.71. The molecule has 0 aliphatic heterocycles. The molecule has 0 saturated carbocycles. The van der Waals surface area contributed by atoms with Crippen LogP contribution in [0.5, 0.6) is 0 Å². The monoisotopic (exact) mass is 752 g/mol. The zero-order chi connectivity index (χ0) is 39.5. The van der Waals surface area contributed by atoms with Gasteiger partial charge in [0.1, 0.15) is 0 Å². The summed E-state index contributed by atoms with van der Waals surface area (Å²) in [5.41, 5.74) is 17.4. The zero-order valence-corrected chi connectivity index (χ0v) is 33.0. The SMILES string of the molecule is CC1(C)c2ccc(-c3ccc(-c4ccc(-c5nc(-c6ccccc6)cc(-c6ccccc6-c6ccccc6)n5)c5ccccc45)cc3)cc2-c2cc3ccccc3cc21. The Balaban J connectivity index is 0.990. The number of nitrogens with zero attached hydrogens (tertiary/aromatic N) is 2. The first kappa shape index (κ1) is 34.8. The fourth-order valence-corrected chi connectivity index (χ4v) is 9.24. The van der Waals surface area contributed by atoms with Gasteiger partial charge in [0.25, 0.3) is 0 Å². The minimum absolute atomic E-state index is 0.0492. The molecular formula is C57H40N2. The quantitative estimate of drug-likeness (QED) is 0.169. The number of rotatable bonds is 6. The first-order chi connectivity index (χ1) is 29.0. The van der Waals surface area contributed by atoms with Gasteiger partial charge in [-0.3, -0.25) is 0 Å². The summed E-state index contributed by atoms with van der Waals surface area (Å²) in [7, 11) is 0. The van der Waals surface area contributed by atoms with E-state index in [1.54, 1.807) is 0 Å². The van der Waals surface area contributed by atoms with Gasteiger partial charge in [-0.25, -0.2) is 9.97 Å². The summed E-state index contributed by atoms with van der Waals surface area (Å²) in [4.78, 5) is 10.6. The fourth-order valence-electron chi connectivity index (χ4n) is 9.24. The molecule has 0 N–H and O–H groups in total. The first-order valence-electron chi connectivity index (χ1n) is 20.4. The topological polar surface area (TPSA) is 25.8 Å². The third-order valence-corrected chi connectivity index (χ3v) is 12.3. The first-order valence-corrected chi connectivity index (χ1v) is 20.4. The van der Waals surface area contributed by atoms with Crippen molar-refractivity contribution in [3.8, 4) is 78.4 Å². The molecule has 0 spiro atoms. The Kier molecular flexibility index (Phi) is 8.20. The van der Waals surface area contributed by atoms with Crippen molar-refractivity contribution in [3.05, 3.63) is 217 Å². The largest absolute Gasteiger partial charge is 0.228 e. The predicted octanol–water partition coefficient (Wildman–Crippen LogP) is 15.1. The van der Waals surface area contributed by atoms with Gasteiger partial charge in [0.05, 0.1) is 11.4 Å². The van der Waals surface area contributed by atoms with Crippen molar-refractivity contribution in [3.63, 3.8) is 0 Å². The number of benzene rings is 9. The standard InChI is InChI=1S/C57H40N2/c1-57(2)52-32-29-43(34-50(52)51-33-41-19-9-10-20-42(41)35-53(51)57)37-25-27-39(28-26-37)45-30-31-49(47-23-13-12-22-46(45)47)56-58-54(40-17-7-4-8-18-40)36-55(59-56)48-24-14-11-21-44(48)38-15-5-3-6-16-38/h3-36H,1-2H3. The third kappa shape index (κ3) is 5.96. The van der Waals surface area contributed by atoms with Gasteiger partial charge in [-0.15, -0.1) is 0 Å². The normalized spacial score (nSPS) is 12.7. The van der Waals surface area contributed by atoms with Crippen LogP contribution in [-0.2, 0) is 5.41 Å². The van der Waals surface area contributed by atoms with Crippen molar-refractivity contribution >= 4 is 21.5 Å². The average Bonchev–Trinajstić information content (AvgIpc) is 3.52. The lowest BCUT2D eigenvalue weighted by atomic mass is 9.81. The van der Waals surface area contributed by atoms with Gasteiger partial charge in [0.2, 0.25) is 0 Å². The second kappa shape index (κ2) is 13.9. The van der Waals surface area contributed by atoms with E-state index in [4.69, 9.17) is 9.97 Å². The van der Waals surface area contributed by atoms with E-state index in [1.165, 1.54) is 60.7 Å². The molecule has 59 heavy (non-hydrogen) atoms. The molecule has 0 bridgehead atoms. The summed E-state index contributed by atoms with van der Waals surface area (Å²) in [6, 6.07) is 74.3. The summed E-state index contributed by atoms with van der Waals surface area (Å²) >= 11 is 0. The van der Waals surface area contributed by atoms with Gasteiger partial charge in [-0.2, -0.15) is 0 Å². The average molecular weight is 753 g/mol. The van der Waals surface area contributed by atoms with Crippen molar-refractivity contribution in [1.82, 2.24) is 9.97 Å². The Morgan fingerprint density at radius 3 is 1.58 bits per heavy atom. The van der Waals surface area contributed by atoms with Crippen molar-refractivity contribution in [2.75, 3.05) is 0 Å². The molecule has 0 atom stereocenters. The lowest BCUT2D eigenvalue weighted by molar-refractivity contribution is 0.661. The molecule has 1 heterocycles. The van der Waals surface area contributed by atoms with Crippen molar-refractivity contribution < 1.29 is 0 Å². The molecule has 2 heteroatoms. The maximum Gasteiger partial charge on any atom is 0.161 e. The summed E-state index contributed by atoms with van der Waals surface area (Å²) in [5.74, 6) is 0.705. The van der Waals surface area contributed by atoms with Gasteiger partial charge < -0.3 is 0 Å². The molecule has 1 aliphatic carbocycles. The number of fused-ring (bicyclic) bond motifs is 5. The molecule has 9 aromatic carbocycles. The van der Waals surface area contributed by atoms with Crippen LogP contribution in [0, 0.1) is 0 Å². The van der Waals surface area contributed by atoms with Crippen LogP contribution < -0.4 is 0 Å². The number of hydrogen-bond donors (Lipinski definition) is 0. The van der Waals surface area contributed by atoms with E-state index in [-0.39, 0.29) is 5.41 Å². The Labute approximate surface area is 345 Å². The summed E-state index contributed by atoms with van der Waals surface area (Å²) in [5, 5.41) is 4.87. The fraction of sp³-hybridized carbons (Fsp3) is 0.0526. The number of hydrogen-bond acceptors (Lipinski definition) is 2. The van der Waals surface area contributed by atoms with Crippen LogP contribution >= 0.6 is 0 Å². The van der Waals surface area contributed by atoms with Gasteiger partial charge in [-0.1, -0.05) is 190 Å². The van der Waals surface area contributed by atoms with Crippen LogP contribution in [0.4, 0.5) is 0 Å². The molecule has 11 rings (SSSR count). The van der Waals surface area contributed by atoms with E-state index in [0.29, 0.717) is 5.82 Å². The second-order valence-corrected chi connectivity index (χ2v) is 16.2. The minimum atomic E-state index is -0.0492. The Bertz CT molecular complexity index is 3220. The van der Waals surface area contributed by atoms with Gasteiger partial charge in [-0.05, 0) is 108 Å². The smallest absolute Gasteiger partial charge is 0.161 e. The van der Waals surface area contributed by atoms with Gasteiger partial charge in [0, 0.05) is 22.1 Å². The molecule has 1 aromatic heterocycles. The van der Waals surface area contributed by atoms with Crippen molar-refractivity contribution in [1.29, 1.82) is 0 Å². The van der Waals surface area contributed by atoms with Crippen LogP contribution in [0.15, 0.2) is 206 Å². The highest BCUT2D eigenvalue weighted by Gasteiger charge is 2.35. The summed E-state index contributed by atoms with van der Waals surface area (Å²) < 4.78 is 0. The molecule has 278 valence electrons. The molecule has 0 radical (unpaired) electrons. The lowest BCUT2D eigenvalue weighted by Crippen LogP contribution is -2.14. The van der Waals surface area contributed by atoms with Crippen LogP contribution in [0.1, 0.15) is 25.0 Å². The Morgan fingerprint density at radius 2 is 0.831 bits per heavy atom. The Hall–Kier alpha value is -7.42. The molecule has 0 fully saturated rings. The van der Waals surface area contributed by atoms with Crippen molar-refractivity contribution in [2.45, 2.75) is 19.3 Å². The molecule has 0 amide bonds. The Morgan fingerprint density at radius 1 is 0.305 bits per heavy atom. The highest BCUT2D eigenvalue weighted by Crippen LogP contribution is 2.51.